The molecule has 0 radical (unpaired) electrons. The van der Waals surface area contributed by atoms with Crippen LogP contribution < -0.4 is 0 Å². The molecule has 5 heteroatoms. The summed E-state index contributed by atoms with van der Waals surface area (Å²) < 4.78 is 0. The van der Waals surface area contributed by atoms with Crippen molar-refractivity contribution < 1.29 is 14.7 Å². The topological polar surface area (TPSA) is 57.6 Å². The Morgan fingerprint density at radius 2 is 1.76 bits per heavy atom. The third kappa shape index (κ3) is 4.00. The molecule has 1 saturated heterocycles. The molecule has 1 heterocycles. The summed E-state index contributed by atoms with van der Waals surface area (Å²) in [6, 6.07) is 7.28. The number of thioether (sulfide) groups is 1. The maximum atomic E-state index is 12.4. The fraction of sp³-hybridized carbons (Fsp3) is 0.500. The average Bonchev–Trinajstić information content (AvgIpc) is 2.45. The monoisotopic (exact) mass is 307 g/mol. The minimum Gasteiger partial charge on any atom is -0.478 e. The zero-order valence-corrected chi connectivity index (χ0v) is 13.2. The van der Waals surface area contributed by atoms with Crippen molar-refractivity contribution in [2.45, 2.75) is 50.1 Å². The third-order valence-electron chi connectivity index (χ3n) is 3.95. The van der Waals surface area contributed by atoms with E-state index < -0.39 is 5.97 Å². The fourth-order valence-corrected chi connectivity index (χ4v) is 3.59. The predicted molar refractivity (Wildman–Crippen MR) is 83.7 cm³/mol. The van der Waals surface area contributed by atoms with E-state index in [0.29, 0.717) is 17.8 Å². The largest absolute Gasteiger partial charge is 0.478 e. The first-order chi connectivity index (χ1) is 9.99. The van der Waals surface area contributed by atoms with Crippen LogP contribution in [0.15, 0.2) is 29.2 Å². The van der Waals surface area contributed by atoms with Crippen LogP contribution in [-0.4, -0.2) is 39.7 Å². The molecule has 21 heavy (non-hydrogen) atoms. The van der Waals surface area contributed by atoms with Crippen LogP contribution in [0.2, 0.25) is 0 Å². The van der Waals surface area contributed by atoms with E-state index in [1.807, 2.05) is 4.90 Å². The van der Waals surface area contributed by atoms with Crippen LogP contribution in [0, 0.1) is 0 Å². The van der Waals surface area contributed by atoms with Gasteiger partial charge in [0.05, 0.1) is 11.3 Å². The second kappa shape index (κ2) is 6.98. The summed E-state index contributed by atoms with van der Waals surface area (Å²) in [6.45, 7) is 4.22. The molecular formula is C16H21NO3S. The number of piperidine rings is 1. The first-order valence-corrected chi connectivity index (χ1v) is 8.25. The van der Waals surface area contributed by atoms with Crippen molar-refractivity contribution >= 4 is 23.6 Å². The van der Waals surface area contributed by atoms with Crippen LogP contribution in [-0.2, 0) is 4.79 Å². The van der Waals surface area contributed by atoms with Gasteiger partial charge in [-0.15, -0.1) is 11.8 Å². The molecule has 1 amide bonds. The quantitative estimate of drug-likeness (QED) is 0.867. The predicted octanol–water partition coefficient (Wildman–Crippen LogP) is 3.27. The molecule has 0 bridgehead atoms. The van der Waals surface area contributed by atoms with Crippen LogP contribution in [0.1, 0.15) is 43.5 Å². The third-order valence-corrected chi connectivity index (χ3v) is 4.94. The molecule has 114 valence electrons. The van der Waals surface area contributed by atoms with Gasteiger partial charge in [-0.2, -0.15) is 0 Å². The summed E-state index contributed by atoms with van der Waals surface area (Å²) in [7, 11) is 0. The average molecular weight is 307 g/mol. The van der Waals surface area contributed by atoms with Crippen molar-refractivity contribution in [3.8, 4) is 0 Å². The Morgan fingerprint density at radius 3 is 2.29 bits per heavy atom. The molecule has 0 aliphatic carbocycles. The number of carbonyl (C=O) groups is 2. The maximum absolute atomic E-state index is 12.4. The van der Waals surface area contributed by atoms with Crippen molar-refractivity contribution in [3.05, 3.63) is 29.8 Å². The summed E-state index contributed by atoms with van der Waals surface area (Å²) in [4.78, 5) is 26.1. The van der Waals surface area contributed by atoms with Gasteiger partial charge in [-0.3, -0.25) is 4.79 Å². The van der Waals surface area contributed by atoms with Crippen LogP contribution in [0.3, 0.4) is 0 Å². The Kier molecular flexibility index (Phi) is 5.28. The molecule has 2 rings (SSSR count). The number of carboxylic acids is 1. The number of rotatable bonds is 4. The molecule has 1 aliphatic rings. The standard InChI is InChI=1S/C16H21NO3S/c1-11-4-3-5-12(2)17(11)15(18)10-21-14-8-6-13(7-9-14)16(19)20/h6-9,11-12H,3-5,10H2,1-2H3,(H,19,20). The number of likely N-dealkylation sites (tertiary alicyclic amines) is 1. The van der Waals surface area contributed by atoms with E-state index in [0.717, 1.165) is 17.7 Å². The van der Waals surface area contributed by atoms with Crippen LogP contribution in [0.25, 0.3) is 0 Å². The van der Waals surface area contributed by atoms with Gasteiger partial charge in [0.25, 0.3) is 0 Å². The number of benzene rings is 1. The van der Waals surface area contributed by atoms with Gasteiger partial charge in [0.1, 0.15) is 0 Å². The van der Waals surface area contributed by atoms with E-state index >= 15 is 0 Å². The lowest BCUT2D eigenvalue weighted by atomic mass is 9.98. The molecule has 1 aliphatic heterocycles. The Hall–Kier alpha value is -1.49. The van der Waals surface area contributed by atoms with E-state index in [-0.39, 0.29) is 11.5 Å². The van der Waals surface area contributed by atoms with Crippen LogP contribution in [0.5, 0.6) is 0 Å². The van der Waals surface area contributed by atoms with Gasteiger partial charge in [0.2, 0.25) is 5.91 Å². The Labute approximate surface area is 129 Å². The number of amides is 1. The second-order valence-corrected chi connectivity index (χ2v) is 6.60. The van der Waals surface area contributed by atoms with Gasteiger partial charge >= 0.3 is 5.97 Å². The molecule has 0 aromatic heterocycles. The molecular weight excluding hydrogens is 286 g/mol. The number of nitrogens with zero attached hydrogens (tertiary/aromatic N) is 1. The summed E-state index contributed by atoms with van der Waals surface area (Å²) in [5, 5.41) is 8.85. The van der Waals surface area contributed by atoms with Crippen molar-refractivity contribution in [1.82, 2.24) is 4.90 Å². The van der Waals surface area contributed by atoms with Gasteiger partial charge in [-0.1, -0.05) is 0 Å². The maximum Gasteiger partial charge on any atom is 0.335 e. The van der Waals surface area contributed by atoms with Crippen molar-refractivity contribution in [1.29, 1.82) is 0 Å². The van der Waals surface area contributed by atoms with E-state index in [4.69, 9.17) is 5.11 Å². The van der Waals surface area contributed by atoms with Crippen molar-refractivity contribution in [2.24, 2.45) is 0 Å². The summed E-state index contributed by atoms with van der Waals surface area (Å²) in [5.41, 5.74) is 0.268. The van der Waals surface area contributed by atoms with E-state index in [2.05, 4.69) is 13.8 Å². The first-order valence-electron chi connectivity index (χ1n) is 7.26. The Balaban J connectivity index is 1.92. The van der Waals surface area contributed by atoms with E-state index in [1.165, 1.54) is 18.2 Å². The lowest BCUT2D eigenvalue weighted by molar-refractivity contribution is -0.134. The zero-order chi connectivity index (χ0) is 15.4. The smallest absolute Gasteiger partial charge is 0.335 e. The molecule has 0 saturated carbocycles. The molecule has 4 nitrogen and oxygen atoms in total. The number of aromatic carboxylic acids is 1. The Bertz CT molecular complexity index is 505. The van der Waals surface area contributed by atoms with Gasteiger partial charge in [-0.25, -0.2) is 4.79 Å². The molecule has 1 aromatic rings. The summed E-state index contributed by atoms with van der Waals surface area (Å²) >= 11 is 1.46. The lowest BCUT2D eigenvalue weighted by Gasteiger charge is -2.39. The molecule has 2 unspecified atom stereocenters. The number of hydrogen-bond acceptors (Lipinski definition) is 3. The molecule has 2 atom stereocenters. The van der Waals surface area contributed by atoms with Gasteiger partial charge in [0.15, 0.2) is 0 Å². The fourth-order valence-electron chi connectivity index (χ4n) is 2.83. The Morgan fingerprint density at radius 1 is 1.19 bits per heavy atom. The van der Waals surface area contributed by atoms with Crippen molar-refractivity contribution in [3.63, 3.8) is 0 Å². The number of hydrogen-bond donors (Lipinski definition) is 1. The second-order valence-electron chi connectivity index (χ2n) is 5.55. The number of carboxylic acid groups (broad SMARTS) is 1. The normalized spacial score (nSPS) is 22.1. The highest BCUT2D eigenvalue weighted by atomic mass is 32.2. The molecule has 1 aromatic carbocycles. The van der Waals surface area contributed by atoms with Crippen molar-refractivity contribution in [2.75, 3.05) is 5.75 Å². The highest BCUT2D eigenvalue weighted by Gasteiger charge is 2.28. The number of carbonyl (C=O) groups excluding carboxylic acids is 1. The molecule has 0 spiro atoms. The summed E-state index contributed by atoms with van der Waals surface area (Å²) in [5.74, 6) is -0.359. The van der Waals surface area contributed by atoms with Gasteiger partial charge in [0, 0.05) is 17.0 Å². The van der Waals surface area contributed by atoms with E-state index in [9.17, 15) is 9.59 Å². The molecule has 1 N–H and O–H groups in total. The molecule has 1 fully saturated rings. The zero-order valence-electron chi connectivity index (χ0n) is 12.4. The summed E-state index contributed by atoms with van der Waals surface area (Å²) in [6.07, 6.45) is 3.35. The highest BCUT2D eigenvalue weighted by Crippen LogP contribution is 2.25. The van der Waals surface area contributed by atoms with E-state index in [1.54, 1.807) is 24.3 Å². The lowest BCUT2D eigenvalue weighted by Crippen LogP contribution is -2.48. The minimum atomic E-state index is -0.932. The minimum absolute atomic E-state index is 0.169. The van der Waals surface area contributed by atoms with Gasteiger partial charge in [-0.05, 0) is 57.4 Å². The SMILES string of the molecule is CC1CCCC(C)N1C(=O)CSc1ccc(C(=O)O)cc1. The van der Waals surface area contributed by atoms with Crippen LogP contribution >= 0.6 is 11.8 Å². The van der Waals surface area contributed by atoms with Crippen LogP contribution in [0.4, 0.5) is 0 Å². The van der Waals surface area contributed by atoms with Gasteiger partial charge < -0.3 is 10.0 Å². The highest BCUT2D eigenvalue weighted by molar-refractivity contribution is 8.00. The first kappa shape index (κ1) is 15.9.